The highest BCUT2D eigenvalue weighted by Gasteiger charge is 2.40. The SMILES string of the molecule is CCC1(Cc2cnc[nH]2)CC1. The van der Waals surface area contributed by atoms with Crippen molar-refractivity contribution in [2.75, 3.05) is 0 Å². The van der Waals surface area contributed by atoms with Crippen molar-refractivity contribution in [3.63, 3.8) is 0 Å². The molecule has 1 aromatic heterocycles. The minimum atomic E-state index is 0.645. The van der Waals surface area contributed by atoms with Crippen LogP contribution in [0.4, 0.5) is 0 Å². The Hall–Kier alpha value is -0.790. The molecule has 1 aliphatic carbocycles. The summed E-state index contributed by atoms with van der Waals surface area (Å²) < 4.78 is 0. The van der Waals surface area contributed by atoms with Crippen LogP contribution in [0.1, 0.15) is 31.9 Å². The molecule has 2 heteroatoms. The summed E-state index contributed by atoms with van der Waals surface area (Å²) in [6, 6.07) is 0. The quantitative estimate of drug-likeness (QED) is 0.702. The monoisotopic (exact) mass is 150 g/mol. The number of H-pyrrole nitrogens is 1. The molecule has 0 spiro atoms. The number of nitrogens with zero attached hydrogens (tertiary/aromatic N) is 1. The summed E-state index contributed by atoms with van der Waals surface area (Å²) in [7, 11) is 0. The Morgan fingerprint density at radius 2 is 2.45 bits per heavy atom. The Kier molecular flexibility index (Phi) is 1.48. The van der Waals surface area contributed by atoms with E-state index in [-0.39, 0.29) is 0 Å². The number of hydrogen-bond donors (Lipinski definition) is 1. The van der Waals surface area contributed by atoms with E-state index in [0.717, 1.165) is 0 Å². The summed E-state index contributed by atoms with van der Waals surface area (Å²) in [5, 5.41) is 0. The van der Waals surface area contributed by atoms with Gasteiger partial charge in [-0.05, 0) is 24.7 Å². The number of aromatic nitrogens is 2. The van der Waals surface area contributed by atoms with Gasteiger partial charge in [-0.1, -0.05) is 13.3 Å². The Morgan fingerprint density at radius 3 is 2.91 bits per heavy atom. The average molecular weight is 150 g/mol. The Balaban J connectivity index is 2.01. The molecular weight excluding hydrogens is 136 g/mol. The van der Waals surface area contributed by atoms with Crippen LogP contribution in [0.25, 0.3) is 0 Å². The van der Waals surface area contributed by atoms with Crippen molar-refractivity contribution >= 4 is 0 Å². The number of hydrogen-bond acceptors (Lipinski definition) is 1. The van der Waals surface area contributed by atoms with Gasteiger partial charge in [0.05, 0.1) is 6.33 Å². The second-order valence-corrected chi connectivity index (χ2v) is 3.61. The highest BCUT2D eigenvalue weighted by atomic mass is 14.9. The molecule has 1 heterocycles. The van der Waals surface area contributed by atoms with Crippen molar-refractivity contribution in [3.8, 4) is 0 Å². The molecule has 1 aromatic rings. The van der Waals surface area contributed by atoms with Crippen LogP contribution in [0.2, 0.25) is 0 Å². The molecule has 0 aromatic carbocycles. The molecule has 60 valence electrons. The predicted molar refractivity (Wildman–Crippen MR) is 44.2 cm³/mol. The molecule has 2 nitrogen and oxygen atoms in total. The first-order valence-corrected chi connectivity index (χ1v) is 4.32. The zero-order valence-electron chi connectivity index (χ0n) is 6.93. The molecule has 0 atom stereocenters. The number of rotatable bonds is 3. The van der Waals surface area contributed by atoms with E-state index in [1.54, 1.807) is 6.33 Å². The van der Waals surface area contributed by atoms with Crippen molar-refractivity contribution in [3.05, 3.63) is 18.2 Å². The third kappa shape index (κ3) is 1.30. The normalized spacial score (nSPS) is 20.1. The second-order valence-electron chi connectivity index (χ2n) is 3.61. The summed E-state index contributed by atoms with van der Waals surface area (Å²) in [5.41, 5.74) is 1.94. The van der Waals surface area contributed by atoms with Crippen molar-refractivity contribution in [1.29, 1.82) is 0 Å². The van der Waals surface area contributed by atoms with Crippen molar-refractivity contribution in [2.24, 2.45) is 5.41 Å². The van der Waals surface area contributed by atoms with Crippen LogP contribution in [0.15, 0.2) is 12.5 Å². The molecule has 0 radical (unpaired) electrons. The van der Waals surface area contributed by atoms with Crippen molar-refractivity contribution in [1.82, 2.24) is 9.97 Å². The summed E-state index contributed by atoms with van der Waals surface area (Å²) in [5.74, 6) is 0. The van der Waals surface area contributed by atoms with Crippen LogP contribution in [-0.2, 0) is 6.42 Å². The Morgan fingerprint density at radius 1 is 1.64 bits per heavy atom. The zero-order chi connectivity index (χ0) is 7.73. The summed E-state index contributed by atoms with van der Waals surface area (Å²) in [6.45, 7) is 2.28. The fraction of sp³-hybridized carbons (Fsp3) is 0.667. The topological polar surface area (TPSA) is 28.7 Å². The zero-order valence-corrected chi connectivity index (χ0v) is 6.93. The lowest BCUT2D eigenvalue weighted by molar-refractivity contribution is 0.483. The highest BCUT2D eigenvalue weighted by Crippen LogP contribution is 2.50. The third-order valence-electron chi connectivity index (χ3n) is 2.83. The lowest BCUT2D eigenvalue weighted by atomic mass is 9.98. The van der Waals surface area contributed by atoms with E-state index in [1.807, 2.05) is 6.20 Å². The number of aromatic amines is 1. The average Bonchev–Trinajstić information content (AvgIpc) is 2.59. The van der Waals surface area contributed by atoms with Crippen LogP contribution in [0.3, 0.4) is 0 Å². The van der Waals surface area contributed by atoms with E-state index in [9.17, 15) is 0 Å². The smallest absolute Gasteiger partial charge is 0.0921 e. The van der Waals surface area contributed by atoms with E-state index >= 15 is 0 Å². The Bertz CT molecular complexity index is 222. The molecule has 0 bridgehead atoms. The van der Waals surface area contributed by atoms with Gasteiger partial charge in [0.15, 0.2) is 0 Å². The van der Waals surface area contributed by atoms with Crippen molar-refractivity contribution < 1.29 is 0 Å². The number of nitrogens with one attached hydrogen (secondary N) is 1. The van der Waals surface area contributed by atoms with E-state index in [2.05, 4.69) is 16.9 Å². The minimum absolute atomic E-state index is 0.645. The van der Waals surface area contributed by atoms with Gasteiger partial charge in [0.2, 0.25) is 0 Å². The molecule has 0 aliphatic heterocycles. The second kappa shape index (κ2) is 2.36. The maximum absolute atomic E-state index is 4.01. The first kappa shape index (κ1) is 6.89. The third-order valence-corrected chi connectivity index (χ3v) is 2.83. The van der Waals surface area contributed by atoms with Gasteiger partial charge in [0.1, 0.15) is 0 Å². The van der Waals surface area contributed by atoms with E-state index in [0.29, 0.717) is 5.41 Å². The van der Waals surface area contributed by atoms with Gasteiger partial charge in [-0.3, -0.25) is 0 Å². The van der Waals surface area contributed by atoms with E-state index < -0.39 is 0 Å². The summed E-state index contributed by atoms with van der Waals surface area (Å²) in [4.78, 5) is 7.17. The molecule has 2 rings (SSSR count). The van der Waals surface area contributed by atoms with Crippen LogP contribution in [0.5, 0.6) is 0 Å². The molecule has 0 amide bonds. The van der Waals surface area contributed by atoms with Gasteiger partial charge in [-0.25, -0.2) is 4.98 Å². The van der Waals surface area contributed by atoms with Crippen molar-refractivity contribution in [2.45, 2.75) is 32.6 Å². The van der Waals surface area contributed by atoms with Gasteiger partial charge in [0.25, 0.3) is 0 Å². The van der Waals surface area contributed by atoms with Gasteiger partial charge in [0, 0.05) is 11.9 Å². The number of imidazole rings is 1. The standard InChI is InChI=1S/C9H14N2/c1-2-9(3-4-9)5-8-6-10-7-11-8/h6-7H,2-5H2,1H3,(H,10,11). The van der Waals surface area contributed by atoms with Crippen LogP contribution in [0, 0.1) is 5.41 Å². The lowest BCUT2D eigenvalue weighted by Crippen LogP contribution is -2.02. The van der Waals surface area contributed by atoms with Crippen LogP contribution in [-0.4, -0.2) is 9.97 Å². The maximum atomic E-state index is 4.01. The predicted octanol–water partition coefficient (Wildman–Crippen LogP) is 2.14. The van der Waals surface area contributed by atoms with Gasteiger partial charge < -0.3 is 4.98 Å². The van der Waals surface area contributed by atoms with Gasteiger partial charge in [-0.15, -0.1) is 0 Å². The van der Waals surface area contributed by atoms with E-state index in [4.69, 9.17) is 0 Å². The van der Waals surface area contributed by atoms with Crippen LogP contribution >= 0.6 is 0 Å². The minimum Gasteiger partial charge on any atom is -0.348 e. The molecule has 11 heavy (non-hydrogen) atoms. The summed E-state index contributed by atoms with van der Waals surface area (Å²) in [6.07, 6.45) is 9.03. The van der Waals surface area contributed by atoms with E-state index in [1.165, 1.54) is 31.4 Å². The molecule has 1 fully saturated rings. The fourth-order valence-corrected chi connectivity index (χ4v) is 1.62. The molecule has 0 saturated heterocycles. The van der Waals surface area contributed by atoms with Gasteiger partial charge >= 0.3 is 0 Å². The van der Waals surface area contributed by atoms with Crippen LogP contribution < -0.4 is 0 Å². The fourth-order valence-electron chi connectivity index (χ4n) is 1.62. The maximum Gasteiger partial charge on any atom is 0.0921 e. The highest BCUT2D eigenvalue weighted by molar-refractivity contribution is 5.05. The Labute approximate surface area is 67.0 Å². The largest absolute Gasteiger partial charge is 0.348 e. The van der Waals surface area contributed by atoms with Gasteiger partial charge in [-0.2, -0.15) is 0 Å². The molecule has 1 aliphatic rings. The molecular formula is C9H14N2. The molecule has 1 N–H and O–H groups in total. The summed E-state index contributed by atoms with van der Waals surface area (Å²) >= 11 is 0. The first-order valence-electron chi connectivity index (χ1n) is 4.32. The molecule has 1 saturated carbocycles. The first-order chi connectivity index (χ1) is 5.35. The molecule has 0 unspecified atom stereocenters. The lowest BCUT2D eigenvalue weighted by Gasteiger charge is -2.08.